The number of carbonyl (C=O) groups excluding carboxylic acids is 2. The average Bonchev–Trinajstić information content (AvgIpc) is 2.74. The molecule has 2 aromatic carbocycles. The van der Waals surface area contributed by atoms with Gasteiger partial charge in [0.1, 0.15) is 11.8 Å². The molecule has 0 aromatic heterocycles. The van der Waals surface area contributed by atoms with E-state index in [2.05, 4.69) is 5.32 Å². The van der Waals surface area contributed by atoms with Gasteiger partial charge in [-0.3, -0.25) is 9.59 Å². The Hall–Kier alpha value is -2.18. The monoisotopic (exact) mass is 434 g/mol. The van der Waals surface area contributed by atoms with Gasteiger partial charge in [-0.05, 0) is 41.8 Å². The summed E-state index contributed by atoms with van der Waals surface area (Å²) in [4.78, 5) is 27.1. The van der Waals surface area contributed by atoms with E-state index in [1.54, 1.807) is 19.1 Å². The van der Waals surface area contributed by atoms with Crippen molar-refractivity contribution in [3.8, 4) is 5.75 Å². The van der Waals surface area contributed by atoms with Crippen LogP contribution in [0.1, 0.15) is 24.5 Å². The molecule has 7 heteroatoms. The van der Waals surface area contributed by atoms with E-state index < -0.39 is 6.04 Å². The number of rotatable bonds is 10. The van der Waals surface area contributed by atoms with Crippen molar-refractivity contribution in [2.75, 3.05) is 19.9 Å². The summed E-state index contributed by atoms with van der Waals surface area (Å²) in [5, 5.41) is 3.36. The lowest BCUT2D eigenvalue weighted by atomic mass is 10.1. The lowest BCUT2D eigenvalue weighted by Gasteiger charge is -2.30. The summed E-state index contributed by atoms with van der Waals surface area (Å²) in [6.45, 7) is 2.26. The van der Waals surface area contributed by atoms with Crippen molar-refractivity contribution in [2.24, 2.45) is 0 Å². The van der Waals surface area contributed by atoms with Crippen molar-refractivity contribution < 1.29 is 14.3 Å². The Morgan fingerprint density at radius 3 is 2.52 bits per heavy atom. The van der Waals surface area contributed by atoms with Crippen LogP contribution >= 0.6 is 23.4 Å². The standard InChI is InChI=1S/C22H27ClN2O3S/c1-4-20(22(27)24-2)25(13-17-6-5-7-19(12-17)28-3)21(26)15-29-14-16-8-10-18(23)11-9-16/h5-12,20H,4,13-15H2,1-3H3,(H,24,27). The Morgan fingerprint density at radius 1 is 1.17 bits per heavy atom. The summed E-state index contributed by atoms with van der Waals surface area (Å²) in [7, 11) is 3.20. The van der Waals surface area contributed by atoms with Crippen LogP contribution in [-0.4, -0.2) is 42.7 Å². The van der Waals surface area contributed by atoms with Gasteiger partial charge in [0.05, 0.1) is 12.9 Å². The van der Waals surface area contributed by atoms with Crippen LogP contribution < -0.4 is 10.1 Å². The molecule has 0 saturated carbocycles. The summed E-state index contributed by atoms with van der Waals surface area (Å²) >= 11 is 7.44. The molecule has 156 valence electrons. The molecule has 1 unspecified atom stereocenters. The molecule has 0 aliphatic heterocycles. The Bertz CT molecular complexity index is 814. The number of hydrogen-bond acceptors (Lipinski definition) is 4. The van der Waals surface area contributed by atoms with Crippen molar-refractivity contribution in [1.82, 2.24) is 10.2 Å². The fourth-order valence-corrected chi connectivity index (χ4v) is 3.97. The first kappa shape index (κ1) is 23.1. The van der Waals surface area contributed by atoms with E-state index in [9.17, 15) is 9.59 Å². The molecule has 0 heterocycles. The molecule has 1 N–H and O–H groups in total. The fourth-order valence-electron chi connectivity index (χ4n) is 2.97. The second kappa shape index (κ2) is 11.7. The maximum Gasteiger partial charge on any atom is 0.242 e. The molecule has 0 saturated heterocycles. The van der Waals surface area contributed by atoms with Gasteiger partial charge in [0, 0.05) is 24.4 Å². The van der Waals surface area contributed by atoms with E-state index in [4.69, 9.17) is 16.3 Å². The highest BCUT2D eigenvalue weighted by Crippen LogP contribution is 2.20. The first-order chi connectivity index (χ1) is 14.0. The minimum atomic E-state index is -0.519. The topological polar surface area (TPSA) is 58.6 Å². The first-order valence-corrected chi connectivity index (χ1v) is 11.0. The van der Waals surface area contributed by atoms with Gasteiger partial charge >= 0.3 is 0 Å². The number of benzene rings is 2. The van der Waals surface area contributed by atoms with Gasteiger partial charge in [0.2, 0.25) is 11.8 Å². The summed E-state index contributed by atoms with van der Waals surface area (Å²) < 4.78 is 5.28. The Kier molecular flexibility index (Phi) is 9.35. The molecule has 0 aliphatic carbocycles. The molecule has 0 radical (unpaired) electrons. The second-order valence-corrected chi connectivity index (χ2v) is 7.95. The van der Waals surface area contributed by atoms with E-state index in [1.807, 2.05) is 55.5 Å². The van der Waals surface area contributed by atoms with Crippen LogP contribution in [0.5, 0.6) is 5.75 Å². The van der Waals surface area contributed by atoms with E-state index >= 15 is 0 Å². The molecule has 29 heavy (non-hydrogen) atoms. The Morgan fingerprint density at radius 2 is 1.90 bits per heavy atom. The molecule has 0 spiro atoms. The van der Waals surface area contributed by atoms with Gasteiger partial charge in [-0.25, -0.2) is 0 Å². The van der Waals surface area contributed by atoms with Crippen molar-refractivity contribution in [2.45, 2.75) is 31.7 Å². The van der Waals surface area contributed by atoms with Crippen molar-refractivity contribution >= 4 is 35.2 Å². The average molecular weight is 435 g/mol. The third-order valence-electron chi connectivity index (χ3n) is 4.53. The van der Waals surface area contributed by atoms with Crippen LogP contribution in [0, 0.1) is 0 Å². The van der Waals surface area contributed by atoms with Gasteiger partial charge in [-0.2, -0.15) is 0 Å². The molecule has 2 rings (SSSR count). The minimum absolute atomic E-state index is 0.0674. The van der Waals surface area contributed by atoms with Crippen LogP contribution in [0.3, 0.4) is 0 Å². The number of nitrogens with one attached hydrogen (secondary N) is 1. The molecule has 1 atom stereocenters. The molecule has 2 aromatic rings. The summed E-state index contributed by atoms with van der Waals surface area (Å²) in [5.41, 5.74) is 2.02. The van der Waals surface area contributed by atoms with Crippen LogP contribution in [-0.2, 0) is 21.9 Å². The van der Waals surface area contributed by atoms with E-state index in [0.717, 1.165) is 16.9 Å². The third-order valence-corrected chi connectivity index (χ3v) is 5.77. The molecule has 0 aliphatic rings. The number of thioether (sulfide) groups is 1. The quantitative estimate of drug-likeness (QED) is 0.610. The largest absolute Gasteiger partial charge is 0.497 e. The predicted molar refractivity (Wildman–Crippen MR) is 119 cm³/mol. The van der Waals surface area contributed by atoms with Crippen molar-refractivity contribution in [3.63, 3.8) is 0 Å². The number of carbonyl (C=O) groups is 2. The zero-order valence-corrected chi connectivity index (χ0v) is 18.6. The highest BCUT2D eigenvalue weighted by atomic mass is 35.5. The number of likely N-dealkylation sites (N-methyl/N-ethyl adjacent to an activating group) is 1. The zero-order chi connectivity index (χ0) is 21.2. The smallest absolute Gasteiger partial charge is 0.242 e. The Labute approximate surface area is 181 Å². The van der Waals surface area contributed by atoms with Crippen molar-refractivity contribution in [1.29, 1.82) is 0 Å². The maximum atomic E-state index is 13.0. The van der Waals surface area contributed by atoms with Gasteiger partial charge in [0.25, 0.3) is 0 Å². The predicted octanol–water partition coefficient (Wildman–Crippen LogP) is 4.14. The second-order valence-electron chi connectivity index (χ2n) is 6.53. The lowest BCUT2D eigenvalue weighted by Crippen LogP contribution is -2.48. The molecule has 5 nitrogen and oxygen atoms in total. The van der Waals surface area contributed by atoms with Crippen LogP contribution in [0.15, 0.2) is 48.5 Å². The van der Waals surface area contributed by atoms with Crippen LogP contribution in [0.25, 0.3) is 0 Å². The first-order valence-electron chi connectivity index (χ1n) is 9.44. The van der Waals surface area contributed by atoms with Gasteiger partial charge in [-0.15, -0.1) is 11.8 Å². The van der Waals surface area contributed by atoms with Gasteiger partial charge < -0.3 is 15.0 Å². The number of nitrogens with zero attached hydrogens (tertiary/aromatic N) is 1. The SMILES string of the molecule is CCC(C(=O)NC)N(Cc1cccc(OC)c1)C(=O)CSCc1ccc(Cl)cc1. The number of ether oxygens (including phenoxy) is 1. The van der Waals surface area contributed by atoms with Crippen molar-refractivity contribution in [3.05, 3.63) is 64.7 Å². The van der Waals surface area contributed by atoms with E-state index in [-0.39, 0.29) is 11.8 Å². The number of amides is 2. The normalized spacial score (nSPS) is 11.6. The molecule has 0 fully saturated rings. The maximum absolute atomic E-state index is 13.0. The summed E-state index contributed by atoms with van der Waals surface area (Å²) in [5.74, 6) is 1.49. The van der Waals surface area contributed by atoms with Crippen LogP contribution in [0.4, 0.5) is 0 Å². The van der Waals surface area contributed by atoms with E-state index in [1.165, 1.54) is 11.8 Å². The molecular weight excluding hydrogens is 408 g/mol. The zero-order valence-electron chi connectivity index (χ0n) is 17.0. The summed E-state index contributed by atoms with van der Waals surface area (Å²) in [6.07, 6.45) is 0.539. The molecular formula is C22H27ClN2O3S. The number of halogens is 1. The third kappa shape index (κ3) is 6.98. The minimum Gasteiger partial charge on any atom is -0.497 e. The van der Waals surface area contributed by atoms with E-state index in [0.29, 0.717) is 29.5 Å². The number of methoxy groups -OCH3 is 1. The fraction of sp³-hybridized carbons (Fsp3) is 0.364. The molecule has 0 bridgehead atoms. The summed E-state index contributed by atoms with van der Waals surface area (Å²) in [6, 6.07) is 14.6. The van der Waals surface area contributed by atoms with Crippen LogP contribution in [0.2, 0.25) is 5.02 Å². The molecule has 2 amide bonds. The van der Waals surface area contributed by atoms with Gasteiger partial charge in [-0.1, -0.05) is 42.8 Å². The Balaban J connectivity index is 2.10. The van der Waals surface area contributed by atoms with Gasteiger partial charge in [0.15, 0.2) is 0 Å². The highest BCUT2D eigenvalue weighted by molar-refractivity contribution is 7.99. The highest BCUT2D eigenvalue weighted by Gasteiger charge is 2.27. The lowest BCUT2D eigenvalue weighted by molar-refractivity contribution is -0.139. The number of hydrogen-bond donors (Lipinski definition) is 1.